The Bertz CT molecular complexity index is 513. The Hall–Kier alpha value is -1.33. The Balaban J connectivity index is 0.00000242. The second-order valence-corrected chi connectivity index (χ2v) is 5.65. The molecule has 1 unspecified atom stereocenters. The molecule has 0 spiro atoms. The highest BCUT2D eigenvalue weighted by Gasteiger charge is 2.32. The molecule has 1 amide bonds. The number of rotatable bonds is 5. The van der Waals surface area contributed by atoms with Gasteiger partial charge >= 0.3 is 0 Å². The van der Waals surface area contributed by atoms with Crippen LogP contribution in [0.1, 0.15) is 37.8 Å². The van der Waals surface area contributed by atoms with Crippen molar-refractivity contribution in [3.8, 4) is 5.75 Å². The monoisotopic (exact) mass is 330 g/mol. The van der Waals surface area contributed by atoms with Crippen molar-refractivity contribution in [3.63, 3.8) is 0 Å². The van der Waals surface area contributed by atoms with E-state index in [2.05, 4.69) is 5.32 Å². The molecule has 0 saturated heterocycles. The summed E-state index contributed by atoms with van der Waals surface area (Å²) in [5.74, 6) is 0.462. The van der Waals surface area contributed by atoms with E-state index in [4.69, 9.17) is 10.5 Å². The highest BCUT2D eigenvalue weighted by molar-refractivity contribution is 5.85. The number of ether oxygens (including phenoxy) is 1. The summed E-state index contributed by atoms with van der Waals surface area (Å²) in [5.41, 5.74) is 6.37. The Morgan fingerprint density at radius 2 is 2.23 bits per heavy atom. The van der Waals surface area contributed by atoms with E-state index in [1.54, 1.807) is 6.07 Å². The maximum atomic E-state index is 13.4. The van der Waals surface area contributed by atoms with Gasteiger partial charge in [0.15, 0.2) is 0 Å². The van der Waals surface area contributed by atoms with Gasteiger partial charge in [-0.15, -0.1) is 12.4 Å². The highest BCUT2D eigenvalue weighted by atomic mass is 35.5. The summed E-state index contributed by atoms with van der Waals surface area (Å²) < 4.78 is 18.6. The maximum absolute atomic E-state index is 13.4. The van der Waals surface area contributed by atoms with Crippen LogP contribution in [0.4, 0.5) is 4.39 Å². The molecule has 3 atom stereocenters. The van der Waals surface area contributed by atoms with Crippen LogP contribution in [0.3, 0.4) is 0 Å². The van der Waals surface area contributed by atoms with Crippen molar-refractivity contribution in [2.24, 2.45) is 17.6 Å². The minimum atomic E-state index is -0.340. The summed E-state index contributed by atoms with van der Waals surface area (Å²) in [7, 11) is 1.53. The van der Waals surface area contributed by atoms with Gasteiger partial charge < -0.3 is 15.8 Å². The number of nitrogens with one attached hydrogen (secondary N) is 1. The van der Waals surface area contributed by atoms with Crippen LogP contribution in [0, 0.1) is 17.7 Å². The molecule has 1 aromatic carbocycles. The van der Waals surface area contributed by atoms with Gasteiger partial charge in [0.25, 0.3) is 0 Å². The van der Waals surface area contributed by atoms with Crippen LogP contribution in [-0.4, -0.2) is 19.6 Å². The first-order chi connectivity index (χ1) is 10.1. The van der Waals surface area contributed by atoms with E-state index in [-0.39, 0.29) is 42.0 Å². The van der Waals surface area contributed by atoms with Crippen molar-refractivity contribution in [3.05, 3.63) is 29.6 Å². The van der Waals surface area contributed by atoms with Crippen LogP contribution in [0.2, 0.25) is 0 Å². The van der Waals surface area contributed by atoms with Gasteiger partial charge in [0.1, 0.15) is 11.6 Å². The predicted molar refractivity (Wildman–Crippen MR) is 86.6 cm³/mol. The lowest BCUT2D eigenvalue weighted by atomic mass is 9.94. The summed E-state index contributed by atoms with van der Waals surface area (Å²) >= 11 is 0. The van der Waals surface area contributed by atoms with Crippen molar-refractivity contribution < 1.29 is 13.9 Å². The number of benzene rings is 1. The van der Waals surface area contributed by atoms with Gasteiger partial charge in [0, 0.05) is 11.5 Å². The van der Waals surface area contributed by atoms with Gasteiger partial charge in [0.05, 0.1) is 13.2 Å². The molecule has 0 radical (unpaired) electrons. The summed E-state index contributed by atoms with van der Waals surface area (Å²) in [6.07, 6.45) is 2.92. The number of nitrogens with two attached hydrogens (primary N) is 1. The third-order valence-corrected chi connectivity index (χ3v) is 4.32. The topological polar surface area (TPSA) is 64.3 Å². The van der Waals surface area contributed by atoms with E-state index >= 15 is 0 Å². The zero-order chi connectivity index (χ0) is 15.4. The van der Waals surface area contributed by atoms with Crippen molar-refractivity contribution in [1.82, 2.24) is 5.32 Å². The smallest absolute Gasteiger partial charge is 0.223 e. The average molecular weight is 331 g/mol. The van der Waals surface area contributed by atoms with Crippen LogP contribution in [0.5, 0.6) is 5.75 Å². The molecular formula is C16H24ClFN2O2. The minimum absolute atomic E-state index is 0. The molecular weight excluding hydrogens is 307 g/mol. The van der Waals surface area contributed by atoms with Gasteiger partial charge in [-0.05, 0) is 50.4 Å². The molecule has 3 N–H and O–H groups in total. The largest absolute Gasteiger partial charge is 0.496 e. The lowest BCUT2D eigenvalue weighted by Gasteiger charge is -2.22. The molecule has 0 heterocycles. The Morgan fingerprint density at radius 3 is 2.86 bits per heavy atom. The fraction of sp³-hybridized carbons (Fsp3) is 0.562. The van der Waals surface area contributed by atoms with Gasteiger partial charge in [-0.25, -0.2) is 4.39 Å². The quantitative estimate of drug-likeness (QED) is 0.872. The Morgan fingerprint density at radius 1 is 1.50 bits per heavy atom. The number of hydrogen-bond acceptors (Lipinski definition) is 3. The summed E-state index contributed by atoms with van der Waals surface area (Å²) in [6, 6.07) is 4.02. The van der Waals surface area contributed by atoms with E-state index in [1.165, 1.54) is 19.2 Å². The third-order valence-electron chi connectivity index (χ3n) is 4.32. The first-order valence-corrected chi connectivity index (χ1v) is 7.40. The van der Waals surface area contributed by atoms with Crippen LogP contribution < -0.4 is 15.8 Å². The first-order valence-electron chi connectivity index (χ1n) is 7.40. The van der Waals surface area contributed by atoms with Crippen molar-refractivity contribution in [1.29, 1.82) is 0 Å². The van der Waals surface area contributed by atoms with E-state index in [0.29, 0.717) is 17.9 Å². The van der Waals surface area contributed by atoms with Crippen LogP contribution in [0.15, 0.2) is 18.2 Å². The molecule has 1 fully saturated rings. The van der Waals surface area contributed by atoms with Gasteiger partial charge in [-0.2, -0.15) is 0 Å². The second-order valence-electron chi connectivity index (χ2n) is 5.65. The standard InChI is InChI=1S/C16H23FN2O2.ClH/c1-10(14-8-12(17)6-7-15(14)21-2)19-16(20)13-5-3-4-11(13)9-18;/h6-8,10-11,13H,3-5,9,18H2,1-2H3,(H,19,20);1H/t10?,11-,13-;/m1./s1. The molecule has 0 aromatic heterocycles. The molecule has 1 aliphatic carbocycles. The lowest BCUT2D eigenvalue weighted by Crippen LogP contribution is -2.36. The van der Waals surface area contributed by atoms with Crippen molar-refractivity contribution in [2.45, 2.75) is 32.2 Å². The zero-order valence-corrected chi connectivity index (χ0v) is 13.8. The molecule has 4 nitrogen and oxygen atoms in total. The van der Waals surface area contributed by atoms with E-state index in [0.717, 1.165) is 19.3 Å². The lowest BCUT2D eigenvalue weighted by molar-refractivity contribution is -0.126. The molecule has 22 heavy (non-hydrogen) atoms. The fourth-order valence-electron chi connectivity index (χ4n) is 3.11. The minimum Gasteiger partial charge on any atom is -0.496 e. The summed E-state index contributed by atoms with van der Waals surface area (Å²) in [4.78, 5) is 12.4. The van der Waals surface area contributed by atoms with E-state index < -0.39 is 0 Å². The van der Waals surface area contributed by atoms with Gasteiger partial charge in [-0.1, -0.05) is 6.42 Å². The number of hydrogen-bond donors (Lipinski definition) is 2. The SMILES string of the molecule is COc1ccc(F)cc1C(C)NC(=O)[C@@H]1CCC[C@@H]1CN.Cl. The average Bonchev–Trinajstić information content (AvgIpc) is 2.95. The first kappa shape index (κ1) is 18.7. The second kappa shape index (κ2) is 8.34. The van der Waals surface area contributed by atoms with Gasteiger partial charge in [0.2, 0.25) is 5.91 Å². The van der Waals surface area contributed by atoms with Crippen molar-refractivity contribution in [2.75, 3.05) is 13.7 Å². The molecule has 0 aliphatic heterocycles. The molecule has 1 saturated carbocycles. The predicted octanol–water partition coefficient (Wildman–Crippen LogP) is 2.81. The Kier molecular flexibility index (Phi) is 7.10. The fourth-order valence-corrected chi connectivity index (χ4v) is 3.11. The van der Waals surface area contributed by atoms with Crippen LogP contribution in [-0.2, 0) is 4.79 Å². The van der Waals surface area contributed by atoms with Gasteiger partial charge in [-0.3, -0.25) is 4.79 Å². The molecule has 0 bridgehead atoms. The maximum Gasteiger partial charge on any atom is 0.223 e. The molecule has 1 aliphatic rings. The van der Waals surface area contributed by atoms with E-state index in [1.807, 2.05) is 6.92 Å². The van der Waals surface area contributed by atoms with Crippen LogP contribution >= 0.6 is 12.4 Å². The summed E-state index contributed by atoms with van der Waals surface area (Å²) in [6.45, 7) is 2.37. The van der Waals surface area contributed by atoms with Crippen molar-refractivity contribution >= 4 is 18.3 Å². The highest BCUT2D eigenvalue weighted by Crippen LogP contribution is 2.32. The number of carbonyl (C=O) groups is 1. The molecule has 124 valence electrons. The number of methoxy groups -OCH3 is 1. The molecule has 1 aromatic rings. The summed E-state index contributed by atoms with van der Waals surface area (Å²) in [5, 5.41) is 2.96. The zero-order valence-electron chi connectivity index (χ0n) is 13.0. The third kappa shape index (κ3) is 4.11. The number of amides is 1. The van der Waals surface area contributed by atoms with Crippen LogP contribution in [0.25, 0.3) is 0 Å². The molecule has 2 rings (SSSR count). The Labute approximate surface area is 137 Å². The number of carbonyl (C=O) groups excluding carboxylic acids is 1. The number of halogens is 2. The molecule has 6 heteroatoms. The normalized spacial score (nSPS) is 21.8. The van der Waals surface area contributed by atoms with E-state index in [9.17, 15) is 9.18 Å².